The van der Waals surface area contributed by atoms with Crippen molar-refractivity contribution in [1.29, 1.82) is 0 Å². The summed E-state index contributed by atoms with van der Waals surface area (Å²) in [7, 11) is 1.64. The Hall–Kier alpha value is -3.78. The van der Waals surface area contributed by atoms with Gasteiger partial charge in [0, 0.05) is 0 Å². The van der Waals surface area contributed by atoms with Gasteiger partial charge in [-0.15, -0.1) is 5.10 Å². The average molecular weight is 430 g/mol. The molecule has 3 aromatic carbocycles. The van der Waals surface area contributed by atoms with Gasteiger partial charge >= 0.3 is 0 Å². The maximum absolute atomic E-state index is 13.4. The number of aromatic nitrogens is 4. The first-order valence-electron chi connectivity index (χ1n) is 9.78. The van der Waals surface area contributed by atoms with Crippen LogP contribution in [0.5, 0.6) is 5.75 Å². The molecule has 1 amide bonds. The number of hydrogen-bond acceptors (Lipinski definition) is 6. The van der Waals surface area contributed by atoms with Gasteiger partial charge in [0.05, 0.1) is 29.4 Å². The normalized spacial score (nSPS) is 11.1. The van der Waals surface area contributed by atoms with E-state index in [9.17, 15) is 4.79 Å². The average Bonchev–Trinajstić information content (AvgIpc) is 3.41. The molecule has 0 atom stereocenters. The number of ether oxygens (including phenoxy) is 1. The molecule has 0 aliphatic heterocycles. The highest BCUT2D eigenvalue weighted by Gasteiger charge is 2.22. The lowest BCUT2D eigenvalue weighted by molar-refractivity contribution is -0.119. The van der Waals surface area contributed by atoms with Crippen molar-refractivity contribution in [2.75, 3.05) is 12.0 Å². The third kappa shape index (κ3) is 3.85. The highest BCUT2D eigenvalue weighted by atomic mass is 32.1. The molecular weight excluding hydrogens is 410 g/mol. The summed E-state index contributed by atoms with van der Waals surface area (Å²) in [4.78, 5) is 19.9. The number of thiazole rings is 1. The van der Waals surface area contributed by atoms with Crippen molar-refractivity contribution >= 4 is 43.6 Å². The summed E-state index contributed by atoms with van der Waals surface area (Å²) in [5, 5.41) is 8.97. The molecule has 0 bridgehead atoms. The SMILES string of the molecule is COc1ccc2nc(N(Cc3ccccc3)C(=O)Cn3nnc4ccccc43)sc2c1. The van der Waals surface area contributed by atoms with Gasteiger partial charge in [0.2, 0.25) is 0 Å². The van der Waals surface area contributed by atoms with Gasteiger partial charge in [-0.25, -0.2) is 9.67 Å². The molecule has 5 aromatic rings. The van der Waals surface area contributed by atoms with Crippen LogP contribution in [0.25, 0.3) is 21.3 Å². The summed E-state index contributed by atoms with van der Waals surface area (Å²) in [5.41, 5.74) is 3.44. The standard InChI is InChI=1S/C23H19N5O2S/c1-30-17-11-12-19-21(13-17)31-23(24-19)27(14-16-7-3-2-4-8-16)22(29)15-28-20-10-6-5-9-18(20)25-26-28/h2-13H,14-15H2,1H3. The topological polar surface area (TPSA) is 73.1 Å². The molecule has 0 saturated carbocycles. The Morgan fingerprint density at radius 3 is 2.68 bits per heavy atom. The van der Waals surface area contributed by atoms with Gasteiger partial charge in [0.25, 0.3) is 5.91 Å². The number of carbonyl (C=O) groups is 1. The summed E-state index contributed by atoms with van der Waals surface area (Å²) < 4.78 is 7.92. The van der Waals surface area contributed by atoms with Crippen LogP contribution in [0.1, 0.15) is 5.56 Å². The quantitative estimate of drug-likeness (QED) is 0.403. The van der Waals surface area contributed by atoms with Crippen LogP contribution in [0.2, 0.25) is 0 Å². The van der Waals surface area contributed by atoms with Crippen molar-refractivity contribution in [2.24, 2.45) is 0 Å². The molecule has 0 radical (unpaired) electrons. The Morgan fingerprint density at radius 1 is 1.03 bits per heavy atom. The molecule has 31 heavy (non-hydrogen) atoms. The Labute approximate surface area is 182 Å². The van der Waals surface area contributed by atoms with Crippen LogP contribution in [0, 0.1) is 0 Å². The third-order valence-electron chi connectivity index (χ3n) is 5.01. The largest absolute Gasteiger partial charge is 0.497 e. The van der Waals surface area contributed by atoms with Crippen molar-refractivity contribution in [1.82, 2.24) is 20.0 Å². The van der Waals surface area contributed by atoms with Crippen LogP contribution in [0.3, 0.4) is 0 Å². The predicted octanol–water partition coefficient (Wildman–Crippen LogP) is 4.28. The zero-order valence-electron chi connectivity index (χ0n) is 16.8. The molecule has 5 rings (SSSR count). The van der Waals surface area contributed by atoms with Crippen LogP contribution in [0.4, 0.5) is 5.13 Å². The van der Waals surface area contributed by atoms with E-state index in [2.05, 4.69) is 10.3 Å². The number of amides is 1. The zero-order chi connectivity index (χ0) is 21.2. The van der Waals surface area contributed by atoms with Crippen LogP contribution in [-0.4, -0.2) is 33.0 Å². The molecule has 0 aliphatic carbocycles. The summed E-state index contributed by atoms with van der Waals surface area (Å²) >= 11 is 1.47. The number of para-hydroxylation sites is 1. The smallest absolute Gasteiger partial charge is 0.250 e. The van der Waals surface area contributed by atoms with E-state index in [4.69, 9.17) is 9.72 Å². The Balaban J connectivity index is 1.51. The second-order valence-corrected chi connectivity index (χ2v) is 8.04. The lowest BCUT2D eigenvalue weighted by Crippen LogP contribution is -2.33. The summed E-state index contributed by atoms with van der Waals surface area (Å²) in [6, 6.07) is 23.2. The van der Waals surface area contributed by atoms with Crippen molar-refractivity contribution in [3.63, 3.8) is 0 Å². The van der Waals surface area contributed by atoms with Crippen LogP contribution < -0.4 is 9.64 Å². The van der Waals surface area contributed by atoms with Gasteiger partial charge in [-0.1, -0.05) is 59.0 Å². The summed E-state index contributed by atoms with van der Waals surface area (Å²) in [6.45, 7) is 0.496. The zero-order valence-corrected chi connectivity index (χ0v) is 17.6. The van der Waals surface area contributed by atoms with Crippen LogP contribution >= 0.6 is 11.3 Å². The van der Waals surface area contributed by atoms with Crippen molar-refractivity contribution in [3.8, 4) is 5.75 Å². The van der Waals surface area contributed by atoms with Gasteiger partial charge in [-0.05, 0) is 35.9 Å². The maximum Gasteiger partial charge on any atom is 0.250 e. The monoisotopic (exact) mass is 429 g/mol. The van der Waals surface area contributed by atoms with E-state index in [-0.39, 0.29) is 12.5 Å². The predicted molar refractivity (Wildman–Crippen MR) is 121 cm³/mol. The fourth-order valence-electron chi connectivity index (χ4n) is 3.41. The molecule has 0 unspecified atom stereocenters. The summed E-state index contributed by atoms with van der Waals surface area (Å²) in [6.07, 6.45) is 0. The number of benzene rings is 3. The number of fused-ring (bicyclic) bond motifs is 2. The lowest BCUT2D eigenvalue weighted by Gasteiger charge is -2.20. The molecule has 0 fully saturated rings. The minimum atomic E-state index is -0.106. The first-order chi connectivity index (χ1) is 15.2. The van der Waals surface area contributed by atoms with Gasteiger partial charge in [-0.3, -0.25) is 9.69 Å². The molecule has 0 saturated heterocycles. The number of anilines is 1. The fourth-order valence-corrected chi connectivity index (χ4v) is 4.42. The van der Waals surface area contributed by atoms with Crippen molar-refractivity contribution < 1.29 is 9.53 Å². The van der Waals surface area contributed by atoms with Crippen LogP contribution in [-0.2, 0) is 17.9 Å². The minimum absolute atomic E-state index is 0.0760. The molecule has 0 N–H and O–H groups in total. The Morgan fingerprint density at radius 2 is 1.84 bits per heavy atom. The van der Waals surface area contributed by atoms with Crippen molar-refractivity contribution in [3.05, 3.63) is 78.4 Å². The number of hydrogen-bond donors (Lipinski definition) is 0. The van der Waals surface area contributed by atoms with Crippen LogP contribution in [0.15, 0.2) is 72.8 Å². The van der Waals surface area contributed by atoms with E-state index in [1.807, 2.05) is 72.8 Å². The van der Waals surface area contributed by atoms with E-state index in [1.165, 1.54) is 11.3 Å². The van der Waals surface area contributed by atoms with E-state index >= 15 is 0 Å². The van der Waals surface area contributed by atoms with Crippen molar-refractivity contribution in [2.45, 2.75) is 13.1 Å². The van der Waals surface area contributed by atoms with E-state index in [0.717, 1.165) is 32.6 Å². The fraction of sp³-hybridized carbons (Fsp3) is 0.130. The Bertz CT molecular complexity index is 1360. The van der Waals surface area contributed by atoms with E-state index < -0.39 is 0 Å². The lowest BCUT2D eigenvalue weighted by atomic mass is 10.2. The molecule has 154 valence electrons. The van der Waals surface area contributed by atoms with E-state index in [0.29, 0.717) is 11.7 Å². The third-order valence-corrected chi connectivity index (χ3v) is 6.05. The molecule has 7 nitrogen and oxygen atoms in total. The van der Waals surface area contributed by atoms with Gasteiger partial charge in [-0.2, -0.15) is 0 Å². The number of nitrogens with zero attached hydrogens (tertiary/aromatic N) is 5. The van der Waals surface area contributed by atoms with Gasteiger partial charge in [0.1, 0.15) is 17.8 Å². The van der Waals surface area contributed by atoms with Gasteiger partial charge < -0.3 is 4.74 Å². The number of carbonyl (C=O) groups excluding carboxylic acids is 1. The minimum Gasteiger partial charge on any atom is -0.497 e. The maximum atomic E-state index is 13.4. The molecule has 0 spiro atoms. The second kappa shape index (κ2) is 8.16. The highest BCUT2D eigenvalue weighted by Crippen LogP contribution is 2.32. The first-order valence-corrected chi connectivity index (χ1v) is 10.6. The molecule has 2 aromatic heterocycles. The highest BCUT2D eigenvalue weighted by molar-refractivity contribution is 7.22. The number of methoxy groups -OCH3 is 1. The number of rotatable bonds is 6. The second-order valence-electron chi connectivity index (χ2n) is 7.03. The molecule has 0 aliphatic rings. The van der Waals surface area contributed by atoms with E-state index in [1.54, 1.807) is 16.7 Å². The first kappa shape index (κ1) is 19.2. The molecular formula is C23H19N5O2S. The van der Waals surface area contributed by atoms with Gasteiger partial charge in [0.15, 0.2) is 5.13 Å². The Kier molecular flexibility index (Phi) is 5.05. The summed E-state index contributed by atoms with van der Waals surface area (Å²) in [5.74, 6) is 0.656. The molecule has 2 heterocycles. The molecule has 8 heteroatoms.